The molecule has 18 rings (SSSR count). The molecule has 26 nitrogen and oxygen atoms in total. The number of likely N-dealkylation sites (tertiary alicyclic amines) is 3. The minimum Gasteiger partial charge on any atom is -0.493 e. The summed E-state index contributed by atoms with van der Waals surface area (Å²) in [5.41, 5.74) is 5.34. The van der Waals surface area contributed by atoms with Crippen LogP contribution in [-0.2, 0) is 57.4 Å². The lowest BCUT2D eigenvalue weighted by atomic mass is 9.77. The van der Waals surface area contributed by atoms with Gasteiger partial charge in [-0.1, -0.05) is 111 Å². The Morgan fingerprint density at radius 3 is 1.05 bits per heavy atom. The van der Waals surface area contributed by atoms with Crippen molar-refractivity contribution in [2.45, 2.75) is 173 Å². The Balaban J connectivity index is 0.000000141. The summed E-state index contributed by atoms with van der Waals surface area (Å²) in [6.45, 7) is 12.7. The molecule has 9 fully saturated rings. The molecule has 128 heavy (non-hydrogen) atoms. The number of hydrogen-bond donors (Lipinski definition) is 0. The van der Waals surface area contributed by atoms with E-state index in [1.165, 1.54) is 83.2 Å². The van der Waals surface area contributed by atoms with E-state index in [2.05, 4.69) is 34.8 Å². The number of methoxy groups -OCH3 is 3. The van der Waals surface area contributed by atoms with Crippen LogP contribution in [0.2, 0.25) is 15.1 Å². The number of aromatic nitrogens is 6. The molecular formula is C99H116Cl3N9O17. The quantitative estimate of drug-likeness (QED) is 0.0325. The summed E-state index contributed by atoms with van der Waals surface area (Å²) in [7, 11) is 4.75. The van der Waals surface area contributed by atoms with Crippen LogP contribution in [0.25, 0.3) is 32.7 Å². The highest BCUT2D eigenvalue weighted by atomic mass is 35.5. The molecule has 0 bridgehead atoms. The first-order valence-corrected chi connectivity index (χ1v) is 46.8. The zero-order valence-corrected chi connectivity index (χ0v) is 75.9. The van der Waals surface area contributed by atoms with Crippen LogP contribution in [-0.4, -0.2) is 200 Å². The molecule has 0 N–H and O–H groups in total. The summed E-state index contributed by atoms with van der Waals surface area (Å²) in [4.78, 5) is 95.6. The number of rotatable bonds is 38. The van der Waals surface area contributed by atoms with Gasteiger partial charge in [0, 0.05) is 134 Å². The van der Waals surface area contributed by atoms with Gasteiger partial charge in [0.2, 0.25) is 29.5 Å². The molecule has 9 heterocycles. The number of halogens is 3. The lowest BCUT2D eigenvalue weighted by Crippen LogP contribution is -2.52. The summed E-state index contributed by atoms with van der Waals surface area (Å²) >= 11 is 19.6. The molecule has 3 saturated carbocycles. The first-order valence-electron chi connectivity index (χ1n) is 45.6. The van der Waals surface area contributed by atoms with Gasteiger partial charge >= 0.3 is 0 Å². The van der Waals surface area contributed by atoms with Crippen LogP contribution < -0.4 is 42.6 Å². The van der Waals surface area contributed by atoms with Crippen LogP contribution in [0.1, 0.15) is 171 Å². The Hall–Kier alpha value is -9.80. The van der Waals surface area contributed by atoms with E-state index in [0.717, 1.165) is 159 Å². The predicted molar refractivity (Wildman–Crippen MR) is 486 cm³/mol. The second kappa shape index (κ2) is 42.8. The average Bonchev–Trinajstić information content (AvgIpc) is 1.67. The maximum absolute atomic E-state index is 12.8. The van der Waals surface area contributed by atoms with Crippen LogP contribution in [0.5, 0.6) is 69.4 Å². The van der Waals surface area contributed by atoms with Crippen LogP contribution in [0.4, 0.5) is 0 Å². The number of Topliss-reactive ketones (excluding diaryl/α,β-unsaturated/α-hetero) is 3. The van der Waals surface area contributed by atoms with Crippen LogP contribution in [0.15, 0.2) is 110 Å². The summed E-state index contributed by atoms with van der Waals surface area (Å²) in [6, 6.07) is 26.9. The van der Waals surface area contributed by atoms with Crippen LogP contribution >= 0.6 is 34.8 Å². The van der Waals surface area contributed by atoms with Crippen LogP contribution in [0.3, 0.4) is 0 Å². The fourth-order valence-corrected chi connectivity index (χ4v) is 18.9. The minimum atomic E-state index is 0.0931. The highest BCUT2D eigenvalue weighted by molar-refractivity contribution is 6.32. The van der Waals surface area contributed by atoms with Crippen molar-refractivity contribution in [3.63, 3.8) is 0 Å². The van der Waals surface area contributed by atoms with Gasteiger partial charge in [-0.3, -0.25) is 24.0 Å². The Morgan fingerprint density at radius 1 is 0.391 bits per heavy atom. The number of ketones is 3. The summed E-state index contributed by atoms with van der Waals surface area (Å²) in [5, 5.41) is 3.47. The molecule has 0 radical (unpaired) electrons. The van der Waals surface area contributed by atoms with E-state index in [1.807, 2.05) is 46.2 Å². The molecule has 6 aliphatic heterocycles. The molecule has 0 atom stereocenters. The highest BCUT2D eigenvalue weighted by Gasteiger charge is 2.45. The van der Waals surface area contributed by atoms with E-state index in [-0.39, 0.29) is 42.2 Å². The van der Waals surface area contributed by atoms with Gasteiger partial charge in [-0.05, 0) is 160 Å². The van der Waals surface area contributed by atoms with Crippen molar-refractivity contribution in [3.05, 3.63) is 142 Å². The van der Waals surface area contributed by atoms with Gasteiger partial charge in [-0.25, -0.2) is 29.9 Å². The molecule has 680 valence electrons. The molecule has 6 saturated heterocycles. The zero-order valence-electron chi connectivity index (χ0n) is 73.6. The number of piperidine rings is 2. The summed E-state index contributed by atoms with van der Waals surface area (Å²) in [6.07, 6.45) is 29.0. The normalized spacial score (nSPS) is 17.9. The second-order valence-electron chi connectivity index (χ2n) is 36.3. The first-order chi connectivity index (χ1) is 62.3. The van der Waals surface area contributed by atoms with Crippen molar-refractivity contribution in [2.24, 2.45) is 34.0 Å². The molecule has 9 aromatic rings. The second-order valence-corrected chi connectivity index (χ2v) is 37.6. The van der Waals surface area contributed by atoms with Crippen molar-refractivity contribution >= 4 is 96.7 Å². The fraction of sp³-hybridized carbons (Fsp3) is 0.525. The number of ether oxygens (including phenoxy) is 12. The van der Waals surface area contributed by atoms with E-state index >= 15 is 0 Å². The maximum Gasteiger partial charge on any atom is 0.230 e. The Morgan fingerprint density at radius 2 is 0.734 bits per heavy atom. The Kier molecular flexibility index (Phi) is 30.6. The van der Waals surface area contributed by atoms with Crippen molar-refractivity contribution in [3.8, 4) is 69.4 Å². The molecule has 29 heteroatoms. The number of nitrogens with zero attached hydrogens (tertiary/aromatic N) is 9. The molecular weight excluding hydrogens is 1690 g/mol. The largest absolute Gasteiger partial charge is 0.493 e. The third kappa shape index (κ3) is 23.3. The van der Waals surface area contributed by atoms with Gasteiger partial charge < -0.3 is 71.5 Å². The average molecular weight is 1810 g/mol. The van der Waals surface area contributed by atoms with Crippen molar-refractivity contribution in [1.82, 2.24) is 44.6 Å². The lowest BCUT2D eigenvalue weighted by Gasteiger charge is -2.47. The van der Waals surface area contributed by atoms with Gasteiger partial charge in [0.05, 0.1) is 120 Å². The fourth-order valence-electron chi connectivity index (χ4n) is 18.2. The maximum atomic E-state index is 12.8. The number of amides is 2. The van der Waals surface area contributed by atoms with E-state index in [4.69, 9.17) is 91.6 Å². The Bertz CT molecular complexity index is 5410. The molecule has 9 aliphatic rings. The SMILES string of the molecule is COc1cc2c(Oc3ccc(CC(=O)CCC4CCC4)c(Cl)c3)ncnc2cc1OCCC(=O)N1CCC2(CC1)COC2.COc1cc2c(Oc3ccc(CC(=O)CCC4CCC4)c(Cl)c3)ncnc2cc1OCCCC(=O)N1CCC2(CC1)COC2.COc1cc2c(Oc3ccc(CC(=O)CCC4CCC4)c(Cl)c3)ncnc2cc1OCCCN1CCC2(COC2)C1. The van der Waals surface area contributed by atoms with Crippen molar-refractivity contribution in [1.29, 1.82) is 0 Å². The smallest absolute Gasteiger partial charge is 0.230 e. The van der Waals surface area contributed by atoms with Crippen molar-refractivity contribution in [2.75, 3.05) is 127 Å². The first kappa shape index (κ1) is 91.5. The van der Waals surface area contributed by atoms with Crippen LogP contribution in [0, 0.1) is 34.0 Å². The van der Waals surface area contributed by atoms with Crippen molar-refractivity contribution < 1.29 is 80.8 Å². The third-order valence-electron chi connectivity index (χ3n) is 27.3. The number of benzene rings is 6. The molecule has 3 aliphatic carbocycles. The Labute approximate surface area is 762 Å². The zero-order chi connectivity index (χ0) is 88.6. The van der Waals surface area contributed by atoms with Gasteiger partial charge in [0.15, 0.2) is 34.5 Å². The molecule has 3 spiro atoms. The van der Waals surface area contributed by atoms with E-state index in [1.54, 1.807) is 75.9 Å². The minimum absolute atomic E-state index is 0.0931. The third-order valence-corrected chi connectivity index (χ3v) is 28.3. The van der Waals surface area contributed by atoms with E-state index in [0.29, 0.717) is 210 Å². The van der Waals surface area contributed by atoms with E-state index < -0.39 is 0 Å². The monoisotopic (exact) mass is 1810 g/mol. The van der Waals surface area contributed by atoms with Gasteiger partial charge in [0.25, 0.3) is 0 Å². The highest BCUT2D eigenvalue weighted by Crippen LogP contribution is 2.46. The number of hydrogen-bond acceptors (Lipinski definition) is 24. The molecule has 6 aromatic carbocycles. The standard InChI is InChI=1S/C34H40ClN3O6.C33H38ClN3O6.C32H38ClN3O5/c1-41-30-18-27-29(19-31(30)43-15-3-6-32(40)38-13-11-34(12-14-38)20-42-21-34)36-22-37-33(27)44-26-10-8-24(28(35)17-26)16-25(39)9-7-23-4-2-5-23;1-40-29-17-26-28(18-30(29)42-14-9-31(39)37-12-10-33(11-13-37)19-41-20-33)35-21-36-32(26)43-25-8-6-23(27(34)16-25)15-24(38)7-5-22-3-2-4-22;1-38-29-16-26-28(17-30(29)40-13-3-11-36-12-10-32(18-36)19-39-20-32)34-21-35-31(26)41-25-9-7-23(27(33)15-25)14-24(37)8-6-22-4-2-5-22/h8,10,17-19,22-23H,2-7,9,11-16,20-21H2,1H3;6,8,16-18,21-22H,2-5,7,9-15,19-20H2,1H3;7,9,15-17,21-22H,2-6,8,10-14,18-20H2,1H3. The molecule has 2 amide bonds. The molecule has 3 aromatic heterocycles. The predicted octanol–water partition coefficient (Wildman–Crippen LogP) is 19.0. The van der Waals surface area contributed by atoms with Gasteiger partial charge in [-0.15, -0.1) is 0 Å². The van der Waals surface area contributed by atoms with E-state index in [9.17, 15) is 24.0 Å². The molecule has 0 unspecified atom stereocenters. The number of fused-ring (bicyclic) bond motifs is 3. The van der Waals surface area contributed by atoms with Gasteiger partial charge in [-0.2, -0.15) is 0 Å². The summed E-state index contributed by atoms with van der Waals surface area (Å²) < 4.78 is 69.5. The number of carbonyl (C=O) groups excluding carboxylic acids is 5. The topological polar surface area (TPSA) is 283 Å². The lowest BCUT2D eigenvalue weighted by molar-refractivity contribution is -0.153. The summed E-state index contributed by atoms with van der Waals surface area (Å²) in [5.74, 6) is 8.97. The number of carbonyl (C=O) groups is 5. The van der Waals surface area contributed by atoms with Gasteiger partial charge in [0.1, 0.15) is 53.6 Å².